The van der Waals surface area contributed by atoms with Gasteiger partial charge in [-0.05, 0) is 69.9 Å². The number of carbonyl (C=O) groups is 3. The maximum Gasteiger partial charge on any atom is 0.407 e. The van der Waals surface area contributed by atoms with Gasteiger partial charge < -0.3 is 34.4 Å². The van der Waals surface area contributed by atoms with Crippen molar-refractivity contribution < 1.29 is 38.1 Å². The number of carbonyl (C=O) groups excluding carboxylic acids is 2. The van der Waals surface area contributed by atoms with Gasteiger partial charge in [0, 0.05) is 50.4 Å². The fourth-order valence-electron chi connectivity index (χ4n) is 7.38. The zero-order valence-electron chi connectivity index (χ0n) is 28.6. The van der Waals surface area contributed by atoms with E-state index in [0.29, 0.717) is 57.2 Å². The molecule has 6 atom stereocenters. The van der Waals surface area contributed by atoms with E-state index in [4.69, 9.17) is 14.2 Å². The highest BCUT2D eigenvalue weighted by Gasteiger charge is 2.40. The Morgan fingerprint density at radius 3 is 2.37 bits per heavy atom. The van der Waals surface area contributed by atoms with Gasteiger partial charge in [-0.25, -0.2) is 14.2 Å². The first-order valence-electron chi connectivity index (χ1n) is 17.2. The molecule has 2 N–H and O–H groups in total. The minimum absolute atomic E-state index is 0.0660. The third-order valence-electron chi connectivity index (χ3n) is 10.1. The second-order valence-electron chi connectivity index (χ2n) is 13.9. The summed E-state index contributed by atoms with van der Waals surface area (Å²) < 4.78 is 30.9. The number of anilines is 1. The summed E-state index contributed by atoms with van der Waals surface area (Å²) in [6.45, 7) is 11.7. The van der Waals surface area contributed by atoms with Gasteiger partial charge in [0.1, 0.15) is 23.8 Å². The van der Waals surface area contributed by atoms with Crippen LogP contribution in [-0.2, 0) is 20.7 Å². The van der Waals surface area contributed by atoms with E-state index in [9.17, 15) is 23.9 Å². The molecule has 0 bridgehead atoms. The third-order valence-corrected chi connectivity index (χ3v) is 10.1. The van der Waals surface area contributed by atoms with Crippen LogP contribution in [0.15, 0.2) is 30.3 Å². The number of pyridine rings is 1. The third kappa shape index (κ3) is 7.82. The molecular formula is C35H47FN6O7. The molecule has 3 saturated heterocycles. The zero-order chi connectivity index (χ0) is 34.8. The number of morpholine rings is 1. The molecule has 0 radical (unpaired) electrons. The van der Waals surface area contributed by atoms with E-state index >= 15 is 0 Å². The molecular weight excluding hydrogens is 635 g/mol. The Morgan fingerprint density at radius 2 is 1.69 bits per heavy atom. The molecule has 0 spiro atoms. The van der Waals surface area contributed by atoms with Gasteiger partial charge in [-0.1, -0.05) is 12.1 Å². The number of nitrogens with one attached hydrogen (secondary N) is 1. The number of rotatable bonds is 8. The van der Waals surface area contributed by atoms with Crippen LogP contribution in [0.5, 0.6) is 5.88 Å². The number of carboxylic acid groups (broad SMARTS) is 1. The van der Waals surface area contributed by atoms with Crippen LogP contribution in [0.2, 0.25) is 0 Å². The second-order valence-corrected chi connectivity index (χ2v) is 13.9. The highest BCUT2D eigenvalue weighted by molar-refractivity contribution is 5.99. The van der Waals surface area contributed by atoms with Crippen molar-refractivity contribution in [3.05, 3.63) is 53.0 Å². The second kappa shape index (κ2) is 15.0. The van der Waals surface area contributed by atoms with E-state index in [1.807, 2.05) is 13.8 Å². The minimum Gasteiger partial charge on any atom is -0.474 e. The lowest BCUT2D eigenvalue weighted by Gasteiger charge is -2.48. The summed E-state index contributed by atoms with van der Waals surface area (Å²) in [4.78, 5) is 52.4. The summed E-state index contributed by atoms with van der Waals surface area (Å²) in [5.74, 6) is -0.704. The number of nitrogens with zero attached hydrogens (tertiary/aromatic N) is 5. The van der Waals surface area contributed by atoms with Crippen molar-refractivity contribution >= 4 is 23.6 Å². The fraction of sp³-hybridized carbons (Fsp3) is 0.600. The summed E-state index contributed by atoms with van der Waals surface area (Å²) in [5, 5.41) is 13.0. The van der Waals surface area contributed by atoms with Crippen molar-refractivity contribution in [2.75, 3.05) is 64.1 Å². The lowest BCUT2D eigenvalue weighted by atomic mass is 10.0. The van der Waals surface area contributed by atoms with Gasteiger partial charge in [0.15, 0.2) is 0 Å². The number of aromatic nitrogens is 1. The zero-order valence-corrected chi connectivity index (χ0v) is 28.6. The molecule has 266 valence electrons. The lowest BCUT2D eigenvalue weighted by molar-refractivity contribution is -0.122. The van der Waals surface area contributed by atoms with Gasteiger partial charge in [-0.2, -0.15) is 0 Å². The topological polar surface area (TPSA) is 137 Å². The predicted octanol–water partition coefficient (Wildman–Crippen LogP) is 2.61. The standard InChI is InChI=1S/C35H47FN6O7/c1-21-13-39(29(15-41(21)35(45)46)14-40-22(2)17-48-18-23(40)3)16-31(43)42-24(4)19-49-34-30(42)12-26(11-25-5-7-27(36)8-6-25)32(38-34)33(44)37-28-9-10-47-20-28/h5-8,12,21-24,28-29H,9-11,13-20H2,1-4H3,(H,37,44)(H,45,46)/t21-,22-,23-,24+,28+,29+/m1/s1. The van der Waals surface area contributed by atoms with Crippen LogP contribution in [0.1, 0.15) is 55.7 Å². The summed E-state index contributed by atoms with van der Waals surface area (Å²) in [5.41, 5.74) is 2.01. The summed E-state index contributed by atoms with van der Waals surface area (Å²) in [7, 11) is 0. The molecule has 5 heterocycles. The largest absolute Gasteiger partial charge is 0.474 e. The van der Waals surface area contributed by atoms with E-state index in [2.05, 4.69) is 33.9 Å². The van der Waals surface area contributed by atoms with Crippen molar-refractivity contribution in [1.29, 1.82) is 0 Å². The Bertz CT molecular complexity index is 1510. The maximum atomic E-state index is 14.4. The van der Waals surface area contributed by atoms with Crippen LogP contribution >= 0.6 is 0 Å². The Balaban J connectivity index is 1.29. The summed E-state index contributed by atoms with van der Waals surface area (Å²) in [6.07, 6.45) is 0.0136. The van der Waals surface area contributed by atoms with Crippen LogP contribution in [0.25, 0.3) is 0 Å². The monoisotopic (exact) mass is 682 g/mol. The van der Waals surface area contributed by atoms with Gasteiger partial charge in [-0.3, -0.25) is 19.4 Å². The molecule has 0 unspecified atom stereocenters. The van der Waals surface area contributed by atoms with E-state index in [1.165, 1.54) is 17.0 Å². The number of fused-ring (bicyclic) bond motifs is 1. The first kappa shape index (κ1) is 35.0. The molecule has 6 rings (SSSR count). The lowest BCUT2D eigenvalue weighted by Crippen LogP contribution is -2.65. The smallest absolute Gasteiger partial charge is 0.407 e. The summed E-state index contributed by atoms with van der Waals surface area (Å²) in [6, 6.07) is 7.20. The van der Waals surface area contributed by atoms with Crippen LogP contribution < -0.4 is 15.0 Å². The fourth-order valence-corrected chi connectivity index (χ4v) is 7.38. The number of ether oxygens (including phenoxy) is 3. The Labute approximate surface area is 286 Å². The number of hydrogen-bond donors (Lipinski definition) is 2. The quantitative estimate of drug-likeness (QED) is 0.428. The van der Waals surface area contributed by atoms with Crippen LogP contribution in [0.3, 0.4) is 0 Å². The van der Waals surface area contributed by atoms with E-state index in [1.54, 1.807) is 23.1 Å². The highest BCUT2D eigenvalue weighted by atomic mass is 19.1. The van der Waals surface area contributed by atoms with Crippen LogP contribution in [0.4, 0.5) is 14.9 Å². The van der Waals surface area contributed by atoms with Crippen molar-refractivity contribution in [3.63, 3.8) is 0 Å². The van der Waals surface area contributed by atoms with Gasteiger partial charge in [0.2, 0.25) is 11.8 Å². The number of halogens is 1. The predicted molar refractivity (Wildman–Crippen MR) is 179 cm³/mol. The molecule has 49 heavy (non-hydrogen) atoms. The molecule has 0 aliphatic carbocycles. The molecule has 13 nitrogen and oxygen atoms in total. The molecule has 1 aromatic carbocycles. The molecule has 2 aromatic rings. The van der Waals surface area contributed by atoms with Gasteiger partial charge in [0.25, 0.3) is 5.91 Å². The molecule has 1 aromatic heterocycles. The summed E-state index contributed by atoms with van der Waals surface area (Å²) >= 11 is 0. The SMILES string of the molecule is C[C@@H]1CN(CC(=O)N2c3cc(Cc4ccc(F)cc4)c(C(=O)N[C@H]4CCOC4)nc3OC[C@@H]2C)[C@@H](CN2[C@H](C)COC[C@H]2C)CN1C(=O)O. The highest BCUT2D eigenvalue weighted by Crippen LogP contribution is 2.36. The average Bonchev–Trinajstić information content (AvgIpc) is 3.57. The van der Waals surface area contributed by atoms with Crippen molar-refractivity contribution in [2.24, 2.45) is 0 Å². The van der Waals surface area contributed by atoms with Gasteiger partial charge in [0.05, 0.1) is 38.4 Å². The van der Waals surface area contributed by atoms with E-state index < -0.39 is 6.09 Å². The normalized spacial score (nSPS) is 27.8. The van der Waals surface area contributed by atoms with Crippen LogP contribution in [-0.4, -0.2) is 138 Å². The maximum absolute atomic E-state index is 14.4. The Morgan fingerprint density at radius 1 is 0.959 bits per heavy atom. The number of benzene rings is 1. The van der Waals surface area contributed by atoms with Crippen molar-refractivity contribution in [1.82, 2.24) is 25.0 Å². The molecule has 0 saturated carbocycles. The molecule has 14 heteroatoms. The molecule has 3 amide bonds. The molecule has 4 aliphatic rings. The van der Waals surface area contributed by atoms with Crippen LogP contribution in [0, 0.1) is 5.82 Å². The minimum atomic E-state index is -0.970. The number of piperazine rings is 1. The molecule has 4 aliphatic heterocycles. The Kier molecular flexibility index (Phi) is 10.7. The first-order valence-corrected chi connectivity index (χ1v) is 17.2. The van der Waals surface area contributed by atoms with Gasteiger partial charge in [-0.15, -0.1) is 0 Å². The van der Waals surface area contributed by atoms with E-state index in [-0.39, 0.29) is 91.6 Å². The van der Waals surface area contributed by atoms with Crippen molar-refractivity contribution in [3.8, 4) is 5.88 Å². The Hall–Kier alpha value is -3.85. The van der Waals surface area contributed by atoms with Gasteiger partial charge >= 0.3 is 6.09 Å². The average molecular weight is 683 g/mol. The number of amides is 3. The molecule has 3 fully saturated rings. The first-order chi connectivity index (χ1) is 23.5. The van der Waals surface area contributed by atoms with E-state index in [0.717, 1.165) is 5.56 Å². The van der Waals surface area contributed by atoms with Crippen molar-refractivity contribution in [2.45, 2.75) is 76.8 Å². The number of hydrogen-bond acceptors (Lipinski definition) is 9.